The van der Waals surface area contributed by atoms with E-state index in [2.05, 4.69) is 16.8 Å². The molecule has 0 saturated carbocycles. The number of rotatable bonds is 5. The number of ether oxygens (including phenoxy) is 1. The monoisotopic (exact) mass is 280 g/mol. The molecular formula is C15H24N2O3. The molecule has 0 bridgehead atoms. The van der Waals surface area contributed by atoms with Crippen LogP contribution in [-0.2, 0) is 17.8 Å². The van der Waals surface area contributed by atoms with E-state index in [1.807, 2.05) is 19.1 Å². The van der Waals surface area contributed by atoms with Gasteiger partial charge in [-0.2, -0.15) is 0 Å². The average molecular weight is 280 g/mol. The molecule has 2 N–H and O–H groups in total. The number of aliphatic hydroxyl groups is 2. The third-order valence-corrected chi connectivity index (χ3v) is 3.47. The fourth-order valence-corrected chi connectivity index (χ4v) is 2.60. The lowest BCUT2D eigenvalue weighted by atomic mass is 10.1. The van der Waals surface area contributed by atoms with Crippen LogP contribution < -0.4 is 4.90 Å². The normalized spacial score (nSPS) is 23.1. The Morgan fingerprint density at radius 3 is 2.80 bits per heavy atom. The smallest absolute Gasteiger partial charge is 0.129 e. The second-order valence-electron chi connectivity index (χ2n) is 5.39. The minimum absolute atomic E-state index is 0.0162. The molecule has 1 aliphatic heterocycles. The summed E-state index contributed by atoms with van der Waals surface area (Å²) in [5.41, 5.74) is 1.90. The first-order valence-electron chi connectivity index (χ1n) is 7.28. The van der Waals surface area contributed by atoms with Gasteiger partial charge in [-0.25, -0.2) is 4.98 Å². The summed E-state index contributed by atoms with van der Waals surface area (Å²) >= 11 is 0. The number of aromatic nitrogens is 1. The number of aryl methyl sites for hydroxylation is 1. The number of hydrogen-bond donors (Lipinski definition) is 2. The van der Waals surface area contributed by atoms with Gasteiger partial charge in [-0.1, -0.05) is 13.3 Å². The van der Waals surface area contributed by atoms with Gasteiger partial charge in [0.2, 0.25) is 0 Å². The van der Waals surface area contributed by atoms with Crippen molar-refractivity contribution in [2.24, 2.45) is 0 Å². The highest BCUT2D eigenvalue weighted by atomic mass is 16.5. The van der Waals surface area contributed by atoms with Crippen molar-refractivity contribution >= 4 is 5.82 Å². The number of morpholine rings is 1. The second-order valence-corrected chi connectivity index (χ2v) is 5.39. The van der Waals surface area contributed by atoms with E-state index in [-0.39, 0.29) is 25.4 Å². The minimum atomic E-state index is -0.173. The molecule has 2 unspecified atom stereocenters. The highest BCUT2D eigenvalue weighted by molar-refractivity contribution is 5.43. The molecular weight excluding hydrogens is 256 g/mol. The first-order chi connectivity index (χ1) is 9.66. The van der Waals surface area contributed by atoms with Gasteiger partial charge in [-0.05, 0) is 31.0 Å². The van der Waals surface area contributed by atoms with Crippen molar-refractivity contribution in [3.8, 4) is 0 Å². The third-order valence-electron chi connectivity index (χ3n) is 3.47. The highest BCUT2D eigenvalue weighted by Crippen LogP contribution is 2.21. The molecule has 112 valence electrons. The number of nitrogens with zero attached hydrogens (tertiary/aromatic N) is 2. The van der Waals surface area contributed by atoms with Gasteiger partial charge >= 0.3 is 0 Å². The Bertz CT molecular complexity index is 439. The van der Waals surface area contributed by atoms with Gasteiger partial charge < -0.3 is 19.8 Å². The molecule has 0 spiro atoms. The van der Waals surface area contributed by atoms with Gasteiger partial charge in [0, 0.05) is 18.8 Å². The van der Waals surface area contributed by atoms with E-state index in [1.165, 1.54) is 0 Å². The minimum Gasteiger partial charge on any atom is -0.394 e. The van der Waals surface area contributed by atoms with E-state index < -0.39 is 0 Å². The molecule has 5 heteroatoms. The number of hydrogen-bond acceptors (Lipinski definition) is 5. The van der Waals surface area contributed by atoms with E-state index in [1.54, 1.807) is 0 Å². The van der Waals surface area contributed by atoms with Crippen LogP contribution >= 0.6 is 0 Å². The maximum absolute atomic E-state index is 9.39. The third kappa shape index (κ3) is 3.69. The van der Waals surface area contributed by atoms with Crippen molar-refractivity contribution in [2.75, 3.05) is 24.6 Å². The Morgan fingerprint density at radius 2 is 2.15 bits per heavy atom. The van der Waals surface area contributed by atoms with Crippen molar-refractivity contribution < 1.29 is 14.9 Å². The predicted octanol–water partition coefficient (Wildman–Crippen LogP) is 1.11. The standard InChI is InChI=1S/C15H24N2O3/c1-3-4-13-5-12(9-18)6-15(16-13)17-7-11(2)20-14(8-17)10-19/h5-6,11,14,18-19H,3-4,7-10H2,1-2H3. The Morgan fingerprint density at radius 1 is 1.35 bits per heavy atom. The second kappa shape index (κ2) is 7.02. The molecule has 0 aromatic carbocycles. The van der Waals surface area contributed by atoms with Crippen LogP contribution in [0.1, 0.15) is 31.5 Å². The zero-order valence-corrected chi connectivity index (χ0v) is 12.2. The lowest BCUT2D eigenvalue weighted by molar-refractivity contribution is -0.0423. The molecule has 1 fully saturated rings. The molecule has 5 nitrogen and oxygen atoms in total. The van der Waals surface area contributed by atoms with E-state index in [0.29, 0.717) is 6.54 Å². The van der Waals surface area contributed by atoms with Gasteiger partial charge in [0.05, 0.1) is 25.4 Å². The molecule has 20 heavy (non-hydrogen) atoms. The van der Waals surface area contributed by atoms with Crippen LogP contribution in [0.15, 0.2) is 12.1 Å². The molecule has 1 aliphatic rings. The Labute approximate surface area is 120 Å². The Kier molecular flexibility index (Phi) is 5.34. The van der Waals surface area contributed by atoms with E-state index in [9.17, 15) is 10.2 Å². The largest absolute Gasteiger partial charge is 0.394 e. The first kappa shape index (κ1) is 15.2. The van der Waals surface area contributed by atoms with E-state index in [4.69, 9.17) is 4.74 Å². The first-order valence-corrected chi connectivity index (χ1v) is 7.28. The predicted molar refractivity (Wildman–Crippen MR) is 77.8 cm³/mol. The lowest BCUT2D eigenvalue weighted by Crippen LogP contribution is -2.48. The molecule has 1 aromatic heterocycles. The summed E-state index contributed by atoms with van der Waals surface area (Å²) in [6.07, 6.45) is 1.83. The van der Waals surface area contributed by atoms with E-state index >= 15 is 0 Å². The van der Waals surface area contributed by atoms with Crippen molar-refractivity contribution in [1.29, 1.82) is 0 Å². The lowest BCUT2D eigenvalue weighted by Gasteiger charge is -2.37. The number of aliphatic hydroxyl groups excluding tert-OH is 2. The van der Waals surface area contributed by atoms with Gasteiger partial charge in [0.15, 0.2) is 0 Å². The molecule has 0 aliphatic carbocycles. The fraction of sp³-hybridized carbons (Fsp3) is 0.667. The molecule has 2 heterocycles. The molecule has 0 radical (unpaired) electrons. The van der Waals surface area contributed by atoms with Crippen LogP contribution in [0, 0.1) is 0 Å². The zero-order valence-electron chi connectivity index (χ0n) is 12.2. The van der Waals surface area contributed by atoms with Gasteiger partial charge in [0.1, 0.15) is 5.82 Å². The maximum Gasteiger partial charge on any atom is 0.129 e. The van der Waals surface area contributed by atoms with Crippen molar-refractivity contribution in [1.82, 2.24) is 4.98 Å². The summed E-state index contributed by atoms with van der Waals surface area (Å²) < 4.78 is 5.65. The quantitative estimate of drug-likeness (QED) is 0.846. The van der Waals surface area contributed by atoms with Crippen LogP contribution in [0.4, 0.5) is 5.82 Å². The van der Waals surface area contributed by atoms with Gasteiger partial charge in [-0.3, -0.25) is 0 Å². The summed E-state index contributed by atoms with van der Waals surface area (Å²) in [6, 6.07) is 3.88. The maximum atomic E-state index is 9.39. The van der Waals surface area contributed by atoms with Crippen molar-refractivity contribution in [3.63, 3.8) is 0 Å². The Balaban J connectivity index is 2.23. The topological polar surface area (TPSA) is 65.8 Å². The van der Waals surface area contributed by atoms with Crippen LogP contribution in [0.25, 0.3) is 0 Å². The average Bonchev–Trinajstić information content (AvgIpc) is 2.46. The summed E-state index contributed by atoms with van der Waals surface area (Å²) in [5.74, 6) is 0.869. The fourth-order valence-electron chi connectivity index (χ4n) is 2.60. The SMILES string of the molecule is CCCc1cc(CO)cc(N2CC(C)OC(CO)C2)n1. The van der Waals surface area contributed by atoms with Crippen LogP contribution in [0.5, 0.6) is 0 Å². The number of pyridine rings is 1. The van der Waals surface area contributed by atoms with Gasteiger partial charge in [0.25, 0.3) is 0 Å². The summed E-state index contributed by atoms with van der Waals surface area (Å²) in [5, 5.41) is 18.7. The molecule has 1 saturated heterocycles. The highest BCUT2D eigenvalue weighted by Gasteiger charge is 2.25. The number of anilines is 1. The van der Waals surface area contributed by atoms with E-state index in [0.717, 1.165) is 36.5 Å². The van der Waals surface area contributed by atoms with Crippen LogP contribution in [0.3, 0.4) is 0 Å². The summed E-state index contributed by atoms with van der Waals surface area (Å²) in [4.78, 5) is 6.81. The van der Waals surface area contributed by atoms with Crippen molar-refractivity contribution in [3.05, 3.63) is 23.4 Å². The van der Waals surface area contributed by atoms with Crippen LogP contribution in [-0.4, -0.2) is 47.1 Å². The summed E-state index contributed by atoms with van der Waals surface area (Å²) in [6.45, 7) is 5.54. The molecule has 2 rings (SSSR count). The Hall–Kier alpha value is -1.17. The molecule has 2 atom stereocenters. The van der Waals surface area contributed by atoms with Crippen molar-refractivity contribution in [2.45, 2.75) is 45.5 Å². The van der Waals surface area contributed by atoms with Crippen LogP contribution in [0.2, 0.25) is 0 Å². The molecule has 1 aromatic rings. The zero-order chi connectivity index (χ0) is 14.5. The molecule has 0 amide bonds. The summed E-state index contributed by atoms with van der Waals surface area (Å²) in [7, 11) is 0. The van der Waals surface area contributed by atoms with Gasteiger partial charge in [-0.15, -0.1) is 0 Å².